The summed E-state index contributed by atoms with van der Waals surface area (Å²) >= 11 is 2.08. The molecule has 39 heavy (non-hydrogen) atoms. The molecule has 1 aliphatic heterocycles. The van der Waals surface area contributed by atoms with Crippen LogP contribution in [-0.4, -0.2) is 62.6 Å². The van der Waals surface area contributed by atoms with Gasteiger partial charge in [-0.2, -0.15) is 0 Å². The summed E-state index contributed by atoms with van der Waals surface area (Å²) in [5.41, 5.74) is -0.166. The van der Waals surface area contributed by atoms with Crippen LogP contribution in [0.4, 0.5) is 4.79 Å². The fraction of sp³-hybridized carbons (Fsp3) is 0.360. The van der Waals surface area contributed by atoms with E-state index in [1.807, 2.05) is 0 Å². The Morgan fingerprint density at radius 1 is 0.923 bits per heavy atom. The second-order valence-electron chi connectivity index (χ2n) is 7.45. The van der Waals surface area contributed by atoms with E-state index in [4.69, 9.17) is 23.7 Å². The number of aldehydes is 1. The summed E-state index contributed by atoms with van der Waals surface area (Å²) in [5, 5.41) is 2.58. The number of benzene rings is 1. The number of hydrogen-bond acceptors (Lipinski definition) is 13. The van der Waals surface area contributed by atoms with Gasteiger partial charge in [-0.25, -0.2) is 9.59 Å². The molecule has 0 aromatic heterocycles. The van der Waals surface area contributed by atoms with E-state index >= 15 is 0 Å². The zero-order valence-electron chi connectivity index (χ0n) is 21.3. The number of ether oxygens (including phenoxy) is 5. The highest BCUT2D eigenvalue weighted by Crippen LogP contribution is 2.58. The van der Waals surface area contributed by atoms with Gasteiger partial charge in [0.15, 0.2) is 6.29 Å². The Morgan fingerprint density at radius 3 is 2.08 bits per heavy atom. The van der Waals surface area contributed by atoms with E-state index in [1.165, 1.54) is 19.1 Å². The summed E-state index contributed by atoms with van der Waals surface area (Å²) in [6.07, 6.45) is 1.19. The second-order valence-corrected chi connectivity index (χ2v) is 9.75. The molecule has 1 N–H and O–H groups in total. The molecule has 210 valence electrons. The van der Waals surface area contributed by atoms with E-state index in [0.29, 0.717) is 26.7 Å². The van der Waals surface area contributed by atoms with Crippen LogP contribution in [0.25, 0.3) is 0 Å². The van der Waals surface area contributed by atoms with Crippen LogP contribution >= 0.6 is 23.5 Å². The quantitative estimate of drug-likeness (QED) is 0.0649. The number of nitrogens with one attached hydrogen (secondary N) is 1. The highest BCUT2D eigenvalue weighted by atomic mass is 32.2. The fourth-order valence-electron chi connectivity index (χ4n) is 2.75. The maximum absolute atomic E-state index is 12.7. The Hall–Kier alpha value is -3.78. The largest absolute Gasteiger partial charge is 0.508 e. The molecular weight excluding hydrogens is 554 g/mol. The first kappa shape index (κ1) is 31.4. The lowest BCUT2D eigenvalue weighted by Gasteiger charge is -2.10. The van der Waals surface area contributed by atoms with Gasteiger partial charge in [0.05, 0.1) is 39.4 Å². The topological polar surface area (TPSA) is 161 Å². The molecule has 1 heterocycles. The second kappa shape index (κ2) is 16.2. The van der Waals surface area contributed by atoms with Crippen molar-refractivity contribution in [1.29, 1.82) is 0 Å². The fourth-order valence-corrected chi connectivity index (χ4v) is 5.35. The van der Waals surface area contributed by atoms with Crippen LogP contribution in [0.2, 0.25) is 0 Å². The van der Waals surface area contributed by atoms with E-state index in [2.05, 4.69) is 11.9 Å². The van der Waals surface area contributed by atoms with Crippen molar-refractivity contribution in [3.63, 3.8) is 0 Å². The van der Waals surface area contributed by atoms with Crippen LogP contribution in [0.1, 0.15) is 33.1 Å². The minimum atomic E-state index is -0.910. The average Bonchev–Trinajstić information content (AvgIpc) is 3.35. The van der Waals surface area contributed by atoms with E-state index in [9.17, 15) is 28.8 Å². The predicted molar refractivity (Wildman–Crippen MR) is 139 cm³/mol. The Kier molecular flexibility index (Phi) is 13.1. The molecule has 0 unspecified atom stereocenters. The standard InChI is InChI=1S/C25H27NO11S2/c1-4-19(29)33-12-7-13-35-25(32)34-11-6-10-26-23(31)16(14-27)24-38-21-17(36-15(3)28)8-9-18(22(21)39-24)37-20(30)5-2/h4,8-9,14H,1,5-7,10-13H2,2-3H3,(H,26,31)/b24-16-. The van der Waals surface area contributed by atoms with Gasteiger partial charge in [0, 0.05) is 32.4 Å². The lowest BCUT2D eigenvalue weighted by atomic mass is 10.3. The molecule has 14 heteroatoms. The van der Waals surface area contributed by atoms with E-state index in [0.717, 1.165) is 29.6 Å². The first-order valence-corrected chi connectivity index (χ1v) is 13.3. The molecule has 0 spiro atoms. The van der Waals surface area contributed by atoms with Crippen molar-refractivity contribution in [2.24, 2.45) is 0 Å². The third kappa shape index (κ3) is 10.1. The molecule has 1 amide bonds. The van der Waals surface area contributed by atoms with Gasteiger partial charge in [-0.15, -0.1) is 0 Å². The molecule has 0 aliphatic carbocycles. The van der Waals surface area contributed by atoms with Gasteiger partial charge in [-0.1, -0.05) is 37.0 Å². The monoisotopic (exact) mass is 581 g/mol. The molecule has 0 saturated carbocycles. The maximum atomic E-state index is 12.7. The summed E-state index contributed by atoms with van der Waals surface area (Å²) in [6, 6.07) is 2.95. The van der Waals surface area contributed by atoms with Gasteiger partial charge < -0.3 is 29.0 Å². The molecule has 0 bridgehead atoms. The summed E-state index contributed by atoms with van der Waals surface area (Å²) in [5.74, 6) is -1.86. The molecule has 2 rings (SSSR count). The van der Waals surface area contributed by atoms with E-state index < -0.39 is 30.0 Å². The molecule has 1 aliphatic rings. The van der Waals surface area contributed by atoms with Gasteiger partial charge in [0.25, 0.3) is 5.91 Å². The van der Waals surface area contributed by atoms with Crippen LogP contribution in [0.5, 0.6) is 11.5 Å². The zero-order chi connectivity index (χ0) is 28.8. The summed E-state index contributed by atoms with van der Waals surface area (Å²) in [7, 11) is 0. The number of carbonyl (C=O) groups excluding carboxylic acids is 6. The smallest absolute Gasteiger partial charge is 0.462 e. The van der Waals surface area contributed by atoms with Crippen molar-refractivity contribution < 1.29 is 52.5 Å². The average molecular weight is 582 g/mol. The molecule has 1 aromatic rings. The van der Waals surface area contributed by atoms with Crippen molar-refractivity contribution in [3.05, 3.63) is 34.6 Å². The van der Waals surface area contributed by atoms with Gasteiger partial charge >= 0.3 is 24.1 Å². The molecule has 1 aromatic carbocycles. The number of carbonyl (C=O) groups is 6. The summed E-state index contributed by atoms with van der Waals surface area (Å²) in [4.78, 5) is 71.2. The van der Waals surface area contributed by atoms with Gasteiger partial charge in [-0.3, -0.25) is 19.2 Å². The Morgan fingerprint density at radius 2 is 1.51 bits per heavy atom. The number of thioether (sulfide) groups is 2. The normalized spacial score (nSPS) is 12.9. The molecule has 0 fully saturated rings. The van der Waals surface area contributed by atoms with Crippen LogP contribution in [0.15, 0.2) is 44.4 Å². The van der Waals surface area contributed by atoms with Crippen LogP contribution < -0.4 is 14.8 Å². The Balaban J connectivity index is 1.90. The molecular formula is C25H27NO11S2. The molecule has 0 atom stereocenters. The number of rotatable bonds is 14. The summed E-state index contributed by atoms with van der Waals surface area (Å²) < 4.78 is 25.3. The Bertz CT molecular complexity index is 1160. The lowest BCUT2D eigenvalue weighted by molar-refractivity contribution is -0.138. The van der Waals surface area contributed by atoms with E-state index in [1.54, 1.807) is 6.92 Å². The minimum Gasteiger partial charge on any atom is -0.462 e. The number of amides is 1. The molecule has 12 nitrogen and oxygen atoms in total. The van der Waals surface area contributed by atoms with Gasteiger partial charge in [0.1, 0.15) is 11.5 Å². The SMILES string of the molecule is C=CC(=O)OCCCOC(=O)OCCCNC(=O)/C(C=O)=C1/Sc2c(OC(C)=O)ccc(OC(=O)CC)c2S1. The first-order chi connectivity index (χ1) is 18.7. The highest BCUT2D eigenvalue weighted by molar-refractivity contribution is 8.25. The zero-order valence-corrected chi connectivity index (χ0v) is 22.9. The Labute approximate surface area is 232 Å². The predicted octanol–water partition coefficient (Wildman–Crippen LogP) is 3.31. The van der Waals surface area contributed by atoms with Crippen molar-refractivity contribution >= 4 is 59.8 Å². The van der Waals surface area contributed by atoms with Gasteiger partial charge in [0.2, 0.25) is 0 Å². The van der Waals surface area contributed by atoms with E-state index in [-0.39, 0.29) is 56.3 Å². The van der Waals surface area contributed by atoms with Crippen molar-refractivity contribution in [3.8, 4) is 11.5 Å². The number of hydrogen-bond donors (Lipinski definition) is 1. The minimum absolute atomic E-state index is 0.00743. The first-order valence-electron chi connectivity index (χ1n) is 11.7. The van der Waals surface area contributed by atoms with Crippen LogP contribution in [-0.2, 0) is 38.2 Å². The van der Waals surface area contributed by atoms with Crippen molar-refractivity contribution in [2.75, 3.05) is 26.4 Å². The lowest BCUT2D eigenvalue weighted by Crippen LogP contribution is -2.28. The molecule has 0 saturated heterocycles. The number of esters is 3. The third-order valence-corrected chi connectivity index (χ3v) is 7.18. The highest BCUT2D eigenvalue weighted by Gasteiger charge is 2.31. The van der Waals surface area contributed by atoms with Crippen molar-refractivity contribution in [1.82, 2.24) is 5.32 Å². The third-order valence-electron chi connectivity index (χ3n) is 4.52. The van der Waals surface area contributed by atoms with Crippen LogP contribution in [0, 0.1) is 0 Å². The van der Waals surface area contributed by atoms with Crippen molar-refractivity contribution in [2.45, 2.75) is 42.9 Å². The van der Waals surface area contributed by atoms with Gasteiger partial charge in [-0.05, 0) is 18.6 Å². The summed E-state index contributed by atoms with van der Waals surface area (Å²) in [6.45, 7) is 6.23. The maximum Gasteiger partial charge on any atom is 0.508 e. The molecule has 0 radical (unpaired) electrons. The number of fused-ring (bicyclic) bond motifs is 1. The van der Waals surface area contributed by atoms with Crippen LogP contribution in [0.3, 0.4) is 0 Å².